The van der Waals surface area contributed by atoms with Crippen LogP contribution >= 0.6 is 0 Å². The van der Waals surface area contributed by atoms with Gasteiger partial charge in [-0.15, -0.1) is 0 Å². The molecule has 0 radical (unpaired) electrons. The van der Waals surface area contributed by atoms with E-state index in [1.54, 1.807) is 20.8 Å². The largest absolute Gasteiger partial charge is 0.480 e. The zero-order chi connectivity index (χ0) is 20.8. The van der Waals surface area contributed by atoms with Crippen molar-refractivity contribution < 1.29 is 29.0 Å². The maximum Gasteiger partial charge on any atom is 0.410 e. The van der Waals surface area contributed by atoms with Gasteiger partial charge >= 0.3 is 12.1 Å². The molecule has 0 aliphatic carbocycles. The number of carboxylic acid groups (broad SMARTS) is 1. The standard InChI is InChI=1S/C18H31N3O6/c1-12(2)10-20(11-14(22)19-9-15(23)24)16(25)13-7-6-8-21(13)17(26)27-18(3,4)5/h12-13H,6-11H2,1-5H3,(H,19,22)(H,23,24)/t13-/m0/s1. The molecule has 1 saturated heterocycles. The van der Waals surface area contributed by atoms with Gasteiger partial charge in [0.25, 0.3) is 0 Å². The maximum absolute atomic E-state index is 13.0. The molecule has 0 spiro atoms. The van der Waals surface area contributed by atoms with Crippen LogP contribution in [0.15, 0.2) is 0 Å². The van der Waals surface area contributed by atoms with Gasteiger partial charge in [0.05, 0.1) is 6.54 Å². The van der Waals surface area contributed by atoms with Crippen LogP contribution < -0.4 is 5.32 Å². The summed E-state index contributed by atoms with van der Waals surface area (Å²) >= 11 is 0. The normalized spacial score (nSPS) is 17.0. The van der Waals surface area contributed by atoms with Gasteiger partial charge in [0, 0.05) is 13.1 Å². The highest BCUT2D eigenvalue weighted by Gasteiger charge is 2.39. The van der Waals surface area contributed by atoms with Gasteiger partial charge in [-0.3, -0.25) is 19.3 Å². The first-order valence-electron chi connectivity index (χ1n) is 9.17. The third-order valence-corrected chi connectivity index (χ3v) is 3.83. The van der Waals surface area contributed by atoms with Crippen molar-refractivity contribution in [2.24, 2.45) is 5.92 Å². The van der Waals surface area contributed by atoms with Gasteiger partial charge in [-0.1, -0.05) is 13.8 Å². The number of carbonyl (C=O) groups excluding carboxylic acids is 3. The smallest absolute Gasteiger partial charge is 0.410 e. The third-order valence-electron chi connectivity index (χ3n) is 3.83. The molecule has 9 nitrogen and oxygen atoms in total. The highest BCUT2D eigenvalue weighted by Crippen LogP contribution is 2.23. The zero-order valence-electron chi connectivity index (χ0n) is 16.8. The van der Waals surface area contributed by atoms with E-state index in [1.165, 1.54) is 9.80 Å². The Bertz CT molecular complexity index is 570. The first-order chi connectivity index (χ1) is 12.4. The summed E-state index contributed by atoms with van der Waals surface area (Å²) in [5, 5.41) is 10.9. The van der Waals surface area contributed by atoms with Gasteiger partial charge in [-0.25, -0.2) is 4.79 Å². The van der Waals surface area contributed by atoms with Crippen LogP contribution in [0.1, 0.15) is 47.5 Å². The highest BCUT2D eigenvalue weighted by molar-refractivity contribution is 5.90. The Hall–Kier alpha value is -2.32. The van der Waals surface area contributed by atoms with Crippen LogP contribution in [-0.4, -0.2) is 76.6 Å². The summed E-state index contributed by atoms with van der Waals surface area (Å²) in [5.74, 6) is -1.92. The van der Waals surface area contributed by atoms with E-state index in [0.717, 1.165) is 0 Å². The number of carbonyl (C=O) groups is 4. The molecule has 0 unspecified atom stereocenters. The molecule has 27 heavy (non-hydrogen) atoms. The molecule has 1 aliphatic rings. The molecule has 0 saturated carbocycles. The molecule has 1 rings (SSSR count). The van der Waals surface area contributed by atoms with Gasteiger partial charge in [0.15, 0.2) is 0 Å². The first-order valence-corrected chi connectivity index (χ1v) is 9.17. The number of hydrogen-bond acceptors (Lipinski definition) is 5. The minimum absolute atomic E-state index is 0.109. The topological polar surface area (TPSA) is 116 Å². The molecule has 3 amide bonds. The van der Waals surface area contributed by atoms with Crippen molar-refractivity contribution in [2.75, 3.05) is 26.2 Å². The number of likely N-dealkylation sites (tertiary alicyclic amines) is 1. The lowest BCUT2D eigenvalue weighted by atomic mass is 10.1. The Morgan fingerprint density at radius 2 is 1.89 bits per heavy atom. The SMILES string of the molecule is CC(C)CN(CC(=O)NCC(=O)O)C(=O)[C@@H]1CCCN1C(=O)OC(C)(C)C. The summed E-state index contributed by atoms with van der Waals surface area (Å²) in [6, 6.07) is -0.675. The number of nitrogens with one attached hydrogen (secondary N) is 1. The molecule has 2 N–H and O–H groups in total. The maximum atomic E-state index is 13.0. The van der Waals surface area contributed by atoms with E-state index >= 15 is 0 Å². The summed E-state index contributed by atoms with van der Waals surface area (Å²) in [4.78, 5) is 50.8. The monoisotopic (exact) mass is 385 g/mol. The lowest BCUT2D eigenvalue weighted by Gasteiger charge is -2.32. The number of nitrogens with zero attached hydrogens (tertiary/aromatic N) is 2. The van der Waals surface area contributed by atoms with E-state index in [4.69, 9.17) is 9.84 Å². The van der Waals surface area contributed by atoms with Gasteiger partial charge in [-0.2, -0.15) is 0 Å². The molecular formula is C18H31N3O6. The van der Waals surface area contributed by atoms with E-state index in [0.29, 0.717) is 25.9 Å². The van der Waals surface area contributed by atoms with E-state index in [1.807, 2.05) is 13.8 Å². The van der Waals surface area contributed by atoms with Crippen molar-refractivity contribution in [1.29, 1.82) is 0 Å². The van der Waals surface area contributed by atoms with Gasteiger partial charge in [0.1, 0.15) is 18.2 Å². The van der Waals surface area contributed by atoms with E-state index in [2.05, 4.69) is 5.32 Å². The summed E-state index contributed by atoms with van der Waals surface area (Å²) in [6.45, 7) is 9.11. The predicted octanol–water partition coefficient (Wildman–Crippen LogP) is 1.07. The quantitative estimate of drug-likeness (QED) is 0.677. The molecule has 1 fully saturated rings. The Kier molecular flexibility index (Phi) is 8.05. The number of aliphatic carboxylic acids is 1. The third kappa shape index (κ3) is 7.84. The molecule has 154 valence electrons. The summed E-state index contributed by atoms with van der Waals surface area (Å²) < 4.78 is 5.38. The van der Waals surface area contributed by atoms with E-state index in [9.17, 15) is 19.2 Å². The Labute approximate surface area is 160 Å². The number of rotatable bonds is 7. The molecule has 0 aromatic heterocycles. The molecular weight excluding hydrogens is 354 g/mol. The fraction of sp³-hybridized carbons (Fsp3) is 0.778. The zero-order valence-corrected chi connectivity index (χ0v) is 16.8. The fourth-order valence-corrected chi connectivity index (χ4v) is 2.85. The van der Waals surface area contributed by atoms with Crippen molar-refractivity contribution in [3.63, 3.8) is 0 Å². The average molecular weight is 385 g/mol. The van der Waals surface area contributed by atoms with Crippen LogP contribution in [-0.2, 0) is 19.1 Å². The fourth-order valence-electron chi connectivity index (χ4n) is 2.85. The minimum Gasteiger partial charge on any atom is -0.480 e. The van der Waals surface area contributed by atoms with Crippen LogP contribution in [0.5, 0.6) is 0 Å². The lowest BCUT2D eigenvalue weighted by molar-refractivity contribution is -0.141. The van der Waals surface area contributed by atoms with Crippen molar-refractivity contribution in [2.45, 2.75) is 59.1 Å². The molecule has 0 aromatic carbocycles. The van der Waals surface area contributed by atoms with Gasteiger partial charge in [0.2, 0.25) is 11.8 Å². The van der Waals surface area contributed by atoms with Crippen molar-refractivity contribution in [3.8, 4) is 0 Å². The second-order valence-electron chi connectivity index (χ2n) is 8.11. The second-order valence-corrected chi connectivity index (χ2v) is 8.11. The second kappa shape index (κ2) is 9.57. The minimum atomic E-state index is -1.16. The molecule has 0 bridgehead atoms. The molecule has 0 aromatic rings. The average Bonchev–Trinajstić information content (AvgIpc) is 2.99. The number of ether oxygens (including phenoxy) is 1. The van der Waals surface area contributed by atoms with Crippen molar-refractivity contribution in [3.05, 3.63) is 0 Å². The van der Waals surface area contributed by atoms with Crippen LogP contribution in [0.4, 0.5) is 4.79 Å². The predicted molar refractivity (Wildman–Crippen MR) is 98.0 cm³/mol. The molecule has 1 atom stereocenters. The summed E-state index contributed by atoms with van der Waals surface area (Å²) in [6.07, 6.45) is 0.637. The number of hydrogen-bond donors (Lipinski definition) is 2. The van der Waals surface area contributed by atoms with E-state index in [-0.39, 0.29) is 18.4 Å². The Morgan fingerprint density at radius 1 is 1.26 bits per heavy atom. The lowest BCUT2D eigenvalue weighted by Crippen LogP contribution is -2.52. The highest BCUT2D eigenvalue weighted by atomic mass is 16.6. The van der Waals surface area contributed by atoms with Crippen LogP contribution in [0.2, 0.25) is 0 Å². The summed E-state index contributed by atoms with van der Waals surface area (Å²) in [5.41, 5.74) is -0.665. The van der Waals surface area contributed by atoms with Crippen LogP contribution in [0.3, 0.4) is 0 Å². The number of carboxylic acids is 1. The molecule has 1 aliphatic heterocycles. The number of amides is 3. The van der Waals surface area contributed by atoms with Gasteiger partial charge in [-0.05, 0) is 39.5 Å². The van der Waals surface area contributed by atoms with Crippen molar-refractivity contribution >= 4 is 23.9 Å². The van der Waals surface area contributed by atoms with Crippen molar-refractivity contribution in [1.82, 2.24) is 15.1 Å². The molecule has 1 heterocycles. The van der Waals surface area contributed by atoms with E-state index < -0.39 is 36.2 Å². The molecule has 9 heteroatoms. The Balaban J connectivity index is 2.85. The van der Waals surface area contributed by atoms with Gasteiger partial charge < -0.3 is 20.1 Å². The Morgan fingerprint density at radius 3 is 2.41 bits per heavy atom. The van der Waals surface area contributed by atoms with Crippen LogP contribution in [0.25, 0.3) is 0 Å². The first kappa shape index (κ1) is 22.7. The summed E-state index contributed by atoms with van der Waals surface area (Å²) in [7, 11) is 0. The van der Waals surface area contributed by atoms with Crippen LogP contribution in [0, 0.1) is 5.92 Å².